The van der Waals surface area contributed by atoms with Crippen molar-refractivity contribution in [1.29, 1.82) is 0 Å². The van der Waals surface area contributed by atoms with E-state index in [0.717, 1.165) is 17.5 Å². The number of phenols is 1. The molecular formula is C23H22N2O3. The molecule has 2 amide bonds. The van der Waals surface area contributed by atoms with Crippen LogP contribution in [-0.4, -0.2) is 30.0 Å². The third-order valence-corrected chi connectivity index (χ3v) is 4.33. The second kappa shape index (κ2) is 9.37. The van der Waals surface area contributed by atoms with E-state index < -0.39 is 0 Å². The lowest BCUT2D eigenvalue weighted by Crippen LogP contribution is -2.37. The van der Waals surface area contributed by atoms with Crippen LogP contribution in [0.25, 0.3) is 11.1 Å². The first kappa shape index (κ1) is 19.2. The van der Waals surface area contributed by atoms with Crippen LogP contribution in [0.4, 0.5) is 0 Å². The smallest absolute Gasteiger partial charge is 0.251 e. The molecule has 0 radical (unpaired) electrons. The number of carbonyl (C=O) groups excluding carboxylic acids is 2. The van der Waals surface area contributed by atoms with E-state index in [1.54, 1.807) is 6.07 Å². The number of benzene rings is 3. The summed E-state index contributed by atoms with van der Waals surface area (Å²) in [6, 6.07) is 23.8. The zero-order valence-electron chi connectivity index (χ0n) is 15.4. The Bertz CT molecular complexity index is 941. The molecule has 0 aliphatic rings. The van der Waals surface area contributed by atoms with Crippen LogP contribution in [0, 0.1) is 0 Å². The van der Waals surface area contributed by atoms with E-state index in [-0.39, 0.29) is 24.1 Å². The highest BCUT2D eigenvalue weighted by Gasteiger charge is 2.12. The highest BCUT2D eigenvalue weighted by molar-refractivity contribution is 5.98. The summed E-state index contributed by atoms with van der Waals surface area (Å²) in [5, 5.41) is 15.5. The number of amides is 2. The molecule has 0 aliphatic carbocycles. The van der Waals surface area contributed by atoms with Gasteiger partial charge in [0.05, 0.1) is 6.54 Å². The zero-order valence-corrected chi connectivity index (χ0v) is 15.4. The Morgan fingerprint density at radius 1 is 0.821 bits per heavy atom. The Hall–Kier alpha value is -3.60. The molecule has 0 aromatic heterocycles. The van der Waals surface area contributed by atoms with E-state index in [0.29, 0.717) is 17.7 Å². The fourth-order valence-electron chi connectivity index (χ4n) is 2.84. The van der Waals surface area contributed by atoms with Crippen molar-refractivity contribution in [2.45, 2.75) is 6.42 Å². The minimum Gasteiger partial charge on any atom is -0.507 e. The fraction of sp³-hybridized carbons (Fsp3) is 0.130. The van der Waals surface area contributed by atoms with Crippen LogP contribution in [0.15, 0.2) is 78.9 Å². The molecule has 5 heteroatoms. The fourth-order valence-corrected chi connectivity index (χ4v) is 2.84. The molecule has 0 unspecified atom stereocenters. The quantitative estimate of drug-likeness (QED) is 0.594. The molecule has 0 saturated heterocycles. The van der Waals surface area contributed by atoms with Crippen molar-refractivity contribution >= 4 is 11.8 Å². The average Bonchev–Trinajstić information content (AvgIpc) is 2.74. The maximum atomic E-state index is 12.4. The van der Waals surface area contributed by atoms with E-state index in [1.165, 1.54) is 12.1 Å². The third kappa shape index (κ3) is 5.20. The molecule has 0 aliphatic heterocycles. The van der Waals surface area contributed by atoms with Gasteiger partial charge in [0.1, 0.15) is 5.75 Å². The number of rotatable bonds is 7. The second-order valence-electron chi connectivity index (χ2n) is 6.37. The van der Waals surface area contributed by atoms with E-state index in [9.17, 15) is 14.7 Å². The van der Waals surface area contributed by atoms with Crippen molar-refractivity contribution < 1.29 is 14.7 Å². The van der Waals surface area contributed by atoms with Crippen LogP contribution >= 0.6 is 0 Å². The maximum absolute atomic E-state index is 12.4. The average molecular weight is 374 g/mol. The SMILES string of the molecule is O=C(CNC(=O)c1ccc(O)c(-c2ccccc2)c1)NCCc1ccccc1. The molecule has 3 aromatic rings. The van der Waals surface area contributed by atoms with Gasteiger partial charge in [-0.2, -0.15) is 0 Å². The van der Waals surface area contributed by atoms with Gasteiger partial charge in [-0.25, -0.2) is 0 Å². The highest BCUT2D eigenvalue weighted by Crippen LogP contribution is 2.29. The first-order valence-electron chi connectivity index (χ1n) is 9.11. The molecule has 0 bridgehead atoms. The summed E-state index contributed by atoms with van der Waals surface area (Å²) < 4.78 is 0. The van der Waals surface area contributed by atoms with Crippen molar-refractivity contribution in [3.8, 4) is 16.9 Å². The van der Waals surface area contributed by atoms with Crippen molar-refractivity contribution in [3.63, 3.8) is 0 Å². The lowest BCUT2D eigenvalue weighted by atomic mass is 10.0. The summed E-state index contributed by atoms with van der Waals surface area (Å²) in [4.78, 5) is 24.3. The molecule has 0 spiro atoms. The van der Waals surface area contributed by atoms with Crippen LogP contribution in [0.2, 0.25) is 0 Å². The molecule has 3 aromatic carbocycles. The molecule has 28 heavy (non-hydrogen) atoms. The van der Waals surface area contributed by atoms with Crippen LogP contribution in [0.3, 0.4) is 0 Å². The molecule has 5 nitrogen and oxygen atoms in total. The Kier molecular flexibility index (Phi) is 6.41. The normalized spacial score (nSPS) is 10.3. The van der Waals surface area contributed by atoms with Gasteiger partial charge in [0, 0.05) is 17.7 Å². The Morgan fingerprint density at radius 3 is 2.21 bits per heavy atom. The van der Waals surface area contributed by atoms with Gasteiger partial charge in [-0.3, -0.25) is 9.59 Å². The number of aromatic hydroxyl groups is 1. The van der Waals surface area contributed by atoms with Crippen LogP contribution in [0.5, 0.6) is 5.75 Å². The minimum absolute atomic E-state index is 0.0985. The van der Waals surface area contributed by atoms with Crippen LogP contribution in [-0.2, 0) is 11.2 Å². The minimum atomic E-state index is -0.365. The van der Waals surface area contributed by atoms with Crippen LogP contribution < -0.4 is 10.6 Å². The number of hydrogen-bond acceptors (Lipinski definition) is 3. The van der Waals surface area contributed by atoms with E-state index in [4.69, 9.17) is 0 Å². The van der Waals surface area contributed by atoms with Gasteiger partial charge in [0.15, 0.2) is 0 Å². The monoisotopic (exact) mass is 374 g/mol. The number of phenolic OH excluding ortho intramolecular Hbond substituents is 1. The Balaban J connectivity index is 1.52. The summed E-state index contributed by atoms with van der Waals surface area (Å²) >= 11 is 0. The predicted octanol–water partition coefficient (Wildman–Crippen LogP) is 3.15. The second-order valence-corrected chi connectivity index (χ2v) is 6.37. The van der Waals surface area contributed by atoms with E-state index >= 15 is 0 Å². The van der Waals surface area contributed by atoms with Gasteiger partial charge < -0.3 is 15.7 Å². The van der Waals surface area contributed by atoms with Gasteiger partial charge in [0.2, 0.25) is 5.91 Å². The lowest BCUT2D eigenvalue weighted by molar-refractivity contribution is -0.120. The lowest BCUT2D eigenvalue weighted by Gasteiger charge is -2.10. The molecule has 0 saturated carbocycles. The molecule has 0 atom stereocenters. The van der Waals surface area contributed by atoms with Crippen molar-refractivity contribution in [2.24, 2.45) is 0 Å². The molecule has 142 valence electrons. The molecule has 0 heterocycles. The molecular weight excluding hydrogens is 352 g/mol. The zero-order chi connectivity index (χ0) is 19.8. The van der Waals surface area contributed by atoms with E-state index in [1.807, 2.05) is 60.7 Å². The standard InChI is InChI=1S/C23H22N2O3/c26-21-12-11-19(15-20(21)18-9-5-2-6-10-18)23(28)25-16-22(27)24-14-13-17-7-3-1-4-8-17/h1-12,15,26H,13-14,16H2,(H,24,27)(H,25,28). The van der Waals surface area contributed by atoms with Gasteiger partial charge in [-0.05, 0) is 35.7 Å². The van der Waals surface area contributed by atoms with Gasteiger partial charge in [-0.1, -0.05) is 60.7 Å². The van der Waals surface area contributed by atoms with Crippen molar-refractivity contribution in [2.75, 3.05) is 13.1 Å². The van der Waals surface area contributed by atoms with Crippen LogP contribution in [0.1, 0.15) is 15.9 Å². The first-order valence-corrected chi connectivity index (χ1v) is 9.11. The molecule has 3 rings (SSSR count). The van der Waals surface area contributed by atoms with Crippen molar-refractivity contribution in [3.05, 3.63) is 90.0 Å². The summed E-state index contributed by atoms with van der Waals surface area (Å²) in [5.74, 6) is -0.511. The predicted molar refractivity (Wildman–Crippen MR) is 109 cm³/mol. The highest BCUT2D eigenvalue weighted by atomic mass is 16.3. The third-order valence-electron chi connectivity index (χ3n) is 4.33. The van der Waals surface area contributed by atoms with Gasteiger partial charge in [-0.15, -0.1) is 0 Å². The Morgan fingerprint density at radius 2 is 1.50 bits per heavy atom. The number of nitrogens with one attached hydrogen (secondary N) is 2. The summed E-state index contributed by atoms with van der Waals surface area (Å²) in [6.07, 6.45) is 0.735. The largest absolute Gasteiger partial charge is 0.507 e. The van der Waals surface area contributed by atoms with Crippen molar-refractivity contribution in [1.82, 2.24) is 10.6 Å². The van der Waals surface area contributed by atoms with E-state index in [2.05, 4.69) is 10.6 Å². The first-order chi connectivity index (χ1) is 13.6. The Labute approximate surface area is 164 Å². The number of carbonyl (C=O) groups is 2. The summed E-state index contributed by atoms with van der Waals surface area (Å²) in [5.41, 5.74) is 2.91. The van der Waals surface area contributed by atoms with Gasteiger partial charge in [0.25, 0.3) is 5.91 Å². The summed E-state index contributed by atoms with van der Waals surface area (Å²) in [7, 11) is 0. The molecule has 0 fully saturated rings. The van der Waals surface area contributed by atoms with Gasteiger partial charge >= 0.3 is 0 Å². The maximum Gasteiger partial charge on any atom is 0.251 e. The summed E-state index contributed by atoms with van der Waals surface area (Å²) in [6.45, 7) is 0.408. The molecule has 3 N–H and O–H groups in total. The number of hydrogen-bond donors (Lipinski definition) is 3. The topological polar surface area (TPSA) is 78.4 Å².